The first-order chi connectivity index (χ1) is 15.3. The predicted octanol–water partition coefficient (Wildman–Crippen LogP) is 0.0482. The number of ether oxygens (including phenoxy) is 2. The number of hydrogen-bond donors (Lipinski definition) is 6. The van der Waals surface area contributed by atoms with E-state index in [-0.39, 0.29) is 23.3 Å². The average Bonchev–Trinajstić information content (AvgIpc) is 2.79. The molecule has 0 aliphatic carbocycles. The van der Waals surface area contributed by atoms with E-state index in [4.69, 9.17) is 9.47 Å². The Kier molecular flexibility index (Phi) is 6.57. The van der Waals surface area contributed by atoms with Gasteiger partial charge in [-0.15, -0.1) is 0 Å². The van der Waals surface area contributed by atoms with E-state index in [0.717, 1.165) is 29.7 Å². The highest BCUT2D eigenvalue weighted by atomic mass is 16.7. The van der Waals surface area contributed by atoms with E-state index in [9.17, 15) is 30.6 Å². The molecule has 9 heteroatoms. The summed E-state index contributed by atoms with van der Waals surface area (Å²) in [7, 11) is 1.97. The van der Waals surface area contributed by atoms with Crippen LogP contribution in [0, 0.1) is 0 Å². The Morgan fingerprint density at radius 1 is 1.00 bits per heavy atom. The van der Waals surface area contributed by atoms with Crippen molar-refractivity contribution < 1.29 is 40.1 Å². The van der Waals surface area contributed by atoms with Crippen molar-refractivity contribution >= 4 is 0 Å². The molecule has 0 amide bonds. The molecule has 4 rings (SSSR count). The van der Waals surface area contributed by atoms with Crippen LogP contribution in [0.25, 0.3) is 0 Å². The van der Waals surface area contributed by atoms with Crippen LogP contribution in [0.3, 0.4) is 0 Å². The van der Waals surface area contributed by atoms with E-state index in [1.165, 1.54) is 6.07 Å². The molecule has 2 aliphatic rings. The molecular weight excluding hydrogens is 418 g/mol. The average molecular weight is 447 g/mol. The highest BCUT2D eigenvalue weighted by molar-refractivity contribution is 5.53. The lowest BCUT2D eigenvalue weighted by atomic mass is 9.88. The SMILES string of the molecule is CN1CCc2ccc(O)c(O[C@@H]3O[C@H](CO)[C@@H](O)[C@H](O)[C@H]3O)c2[C@@H]1Cc1ccc(O)cc1. The minimum atomic E-state index is -1.58. The topological polar surface area (TPSA) is 143 Å². The molecule has 2 aromatic rings. The van der Waals surface area contributed by atoms with E-state index < -0.39 is 37.3 Å². The number of aliphatic hydroxyl groups excluding tert-OH is 4. The standard InChI is InChI=1S/C23H29NO8/c1-24-9-8-13-4-7-16(27)22(18(13)15(24)10-12-2-5-14(26)6-3-12)32-23-21(30)20(29)19(28)17(11-25)31-23/h2-7,15,17,19-21,23,25-30H,8-11H2,1H3/t15-,17+,19+,20-,21+,23-/m0/s1. The predicted molar refractivity (Wildman–Crippen MR) is 113 cm³/mol. The van der Waals surface area contributed by atoms with Crippen LogP contribution in [0.4, 0.5) is 0 Å². The summed E-state index contributed by atoms with van der Waals surface area (Å²) in [5, 5.41) is 60.2. The first-order valence-electron chi connectivity index (χ1n) is 10.6. The van der Waals surface area contributed by atoms with Gasteiger partial charge in [0.2, 0.25) is 6.29 Å². The maximum Gasteiger partial charge on any atom is 0.229 e. The van der Waals surface area contributed by atoms with Gasteiger partial charge < -0.3 is 40.1 Å². The van der Waals surface area contributed by atoms with Crippen molar-refractivity contribution in [2.45, 2.75) is 49.6 Å². The van der Waals surface area contributed by atoms with Gasteiger partial charge in [-0.2, -0.15) is 0 Å². The quantitative estimate of drug-likeness (QED) is 0.375. The first-order valence-corrected chi connectivity index (χ1v) is 10.6. The Morgan fingerprint density at radius 3 is 2.41 bits per heavy atom. The molecule has 0 unspecified atom stereocenters. The van der Waals surface area contributed by atoms with Crippen LogP contribution in [0.1, 0.15) is 22.7 Å². The van der Waals surface area contributed by atoms with E-state index >= 15 is 0 Å². The molecule has 2 aromatic carbocycles. The molecule has 0 radical (unpaired) electrons. The molecule has 6 N–H and O–H groups in total. The number of nitrogens with zero attached hydrogens (tertiary/aromatic N) is 1. The largest absolute Gasteiger partial charge is 0.508 e. The van der Waals surface area contributed by atoms with Gasteiger partial charge >= 0.3 is 0 Å². The van der Waals surface area contributed by atoms with Crippen molar-refractivity contribution in [1.29, 1.82) is 0 Å². The molecule has 0 spiro atoms. The highest BCUT2D eigenvalue weighted by Gasteiger charge is 2.45. The van der Waals surface area contributed by atoms with Crippen LogP contribution in [0.5, 0.6) is 17.2 Å². The number of phenolic OH excluding ortho intramolecular Hbond substituents is 2. The number of benzene rings is 2. The minimum absolute atomic E-state index is 0.127. The molecule has 6 atom stereocenters. The molecule has 1 fully saturated rings. The number of rotatable bonds is 5. The lowest BCUT2D eigenvalue weighted by Crippen LogP contribution is -2.60. The van der Waals surface area contributed by atoms with Crippen LogP contribution in [-0.2, 0) is 17.6 Å². The number of phenols is 2. The van der Waals surface area contributed by atoms with Crippen LogP contribution in [0.2, 0.25) is 0 Å². The first kappa shape index (κ1) is 22.8. The number of likely N-dealkylation sites (N-methyl/N-ethyl adjacent to an activating group) is 1. The molecule has 174 valence electrons. The maximum atomic E-state index is 10.7. The Labute approximate surface area is 185 Å². The van der Waals surface area contributed by atoms with E-state index in [1.807, 2.05) is 25.2 Å². The number of aromatic hydroxyl groups is 2. The van der Waals surface area contributed by atoms with Gasteiger partial charge in [0, 0.05) is 18.2 Å². The van der Waals surface area contributed by atoms with Crippen molar-refractivity contribution in [1.82, 2.24) is 4.90 Å². The Bertz CT molecular complexity index is 934. The summed E-state index contributed by atoms with van der Waals surface area (Å²) in [6.07, 6.45) is -5.87. The maximum absolute atomic E-state index is 10.7. The lowest BCUT2D eigenvalue weighted by Gasteiger charge is -2.41. The zero-order valence-corrected chi connectivity index (χ0v) is 17.7. The number of hydrogen-bond acceptors (Lipinski definition) is 9. The van der Waals surface area contributed by atoms with Gasteiger partial charge in [0.25, 0.3) is 0 Å². The smallest absolute Gasteiger partial charge is 0.229 e. The highest BCUT2D eigenvalue weighted by Crippen LogP contribution is 2.44. The Hall–Kier alpha value is -2.40. The molecule has 0 saturated carbocycles. The summed E-state index contributed by atoms with van der Waals surface area (Å²) in [6, 6.07) is 10.1. The van der Waals surface area contributed by atoms with Crippen molar-refractivity contribution in [3.8, 4) is 17.2 Å². The fraction of sp³-hybridized carbons (Fsp3) is 0.478. The summed E-state index contributed by atoms with van der Waals surface area (Å²) in [5.74, 6) is 0.157. The molecule has 2 aliphatic heterocycles. The van der Waals surface area contributed by atoms with Crippen molar-refractivity contribution in [3.63, 3.8) is 0 Å². The van der Waals surface area contributed by atoms with Gasteiger partial charge in [0.15, 0.2) is 11.5 Å². The van der Waals surface area contributed by atoms with Gasteiger partial charge in [0.1, 0.15) is 30.2 Å². The van der Waals surface area contributed by atoms with Crippen molar-refractivity contribution in [2.75, 3.05) is 20.2 Å². The van der Waals surface area contributed by atoms with Crippen molar-refractivity contribution in [3.05, 3.63) is 53.1 Å². The zero-order chi connectivity index (χ0) is 23.0. The molecule has 2 heterocycles. The lowest BCUT2D eigenvalue weighted by molar-refractivity contribution is -0.277. The summed E-state index contributed by atoms with van der Waals surface area (Å²) >= 11 is 0. The molecule has 1 saturated heterocycles. The van der Waals surface area contributed by atoms with Crippen LogP contribution < -0.4 is 4.74 Å². The normalized spacial score (nSPS) is 30.7. The Balaban J connectivity index is 1.69. The van der Waals surface area contributed by atoms with Gasteiger partial charge in [-0.3, -0.25) is 4.90 Å². The van der Waals surface area contributed by atoms with E-state index in [1.54, 1.807) is 12.1 Å². The molecule has 0 bridgehead atoms. The van der Waals surface area contributed by atoms with E-state index in [2.05, 4.69) is 4.90 Å². The second kappa shape index (κ2) is 9.22. The number of aliphatic hydroxyl groups is 4. The summed E-state index contributed by atoms with van der Waals surface area (Å²) in [6.45, 7) is 0.218. The van der Waals surface area contributed by atoms with Gasteiger partial charge in [-0.25, -0.2) is 0 Å². The monoisotopic (exact) mass is 447 g/mol. The minimum Gasteiger partial charge on any atom is -0.508 e. The van der Waals surface area contributed by atoms with Crippen LogP contribution in [-0.4, -0.2) is 86.4 Å². The molecule has 9 nitrogen and oxygen atoms in total. The second-order valence-electron chi connectivity index (χ2n) is 8.42. The fourth-order valence-corrected chi connectivity index (χ4v) is 4.40. The number of fused-ring (bicyclic) bond motifs is 1. The third kappa shape index (κ3) is 4.27. The molecule has 32 heavy (non-hydrogen) atoms. The van der Waals surface area contributed by atoms with Gasteiger partial charge in [-0.1, -0.05) is 18.2 Å². The van der Waals surface area contributed by atoms with Crippen LogP contribution >= 0.6 is 0 Å². The van der Waals surface area contributed by atoms with Gasteiger partial charge in [0.05, 0.1) is 6.61 Å². The fourth-order valence-electron chi connectivity index (χ4n) is 4.40. The van der Waals surface area contributed by atoms with Crippen LogP contribution in [0.15, 0.2) is 36.4 Å². The van der Waals surface area contributed by atoms with Gasteiger partial charge in [-0.05, 0) is 49.2 Å². The van der Waals surface area contributed by atoms with E-state index in [0.29, 0.717) is 6.42 Å². The third-order valence-corrected chi connectivity index (χ3v) is 6.31. The zero-order valence-electron chi connectivity index (χ0n) is 17.7. The summed E-state index contributed by atoms with van der Waals surface area (Å²) < 4.78 is 11.4. The summed E-state index contributed by atoms with van der Waals surface area (Å²) in [5.41, 5.74) is 2.70. The van der Waals surface area contributed by atoms with Crippen molar-refractivity contribution in [2.24, 2.45) is 0 Å². The Morgan fingerprint density at radius 2 is 1.72 bits per heavy atom. The summed E-state index contributed by atoms with van der Waals surface area (Å²) in [4.78, 5) is 2.13. The third-order valence-electron chi connectivity index (χ3n) is 6.31. The second-order valence-corrected chi connectivity index (χ2v) is 8.42. The molecular formula is C23H29NO8. The molecule has 0 aromatic heterocycles.